The summed E-state index contributed by atoms with van der Waals surface area (Å²) in [5.74, 6) is 1.71. The van der Waals surface area contributed by atoms with Crippen molar-refractivity contribution in [3.8, 4) is 5.75 Å². The van der Waals surface area contributed by atoms with Gasteiger partial charge in [0.05, 0.1) is 6.61 Å². The first kappa shape index (κ1) is 13.4. The third-order valence-electron chi connectivity index (χ3n) is 3.73. The van der Waals surface area contributed by atoms with Crippen LogP contribution in [-0.2, 0) is 6.42 Å². The van der Waals surface area contributed by atoms with Crippen LogP contribution in [-0.4, -0.2) is 19.2 Å². The van der Waals surface area contributed by atoms with E-state index in [-0.39, 0.29) is 0 Å². The van der Waals surface area contributed by atoms with Gasteiger partial charge >= 0.3 is 0 Å². The van der Waals surface area contributed by atoms with Crippen LogP contribution in [0.2, 0.25) is 0 Å². The number of nitrogens with one attached hydrogen (secondary N) is 1. The highest BCUT2D eigenvalue weighted by molar-refractivity contribution is 5.45. The molecule has 1 aromatic rings. The molecule has 2 nitrogen and oxygen atoms in total. The molecular weight excluding hydrogens is 222 g/mol. The van der Waals surface area contributed by atoms with Crippen LogP contribution in [0.3, 0.4) is 0 Å². The van der Waals surface area contributed by atoms with Crippen LogP contribution in [0, 0.1) is 0 Å². The lowest BCUT2D eigenvalue weighted by atomic mass is 9.92. The zero-order chi connectivity index (χ0) is 13.0. The molecule has 1 aliphatic heterocycles. The molecule has 1 aromatic carbocycles. The molecule has 0 spiro atoms. The van der Waals surface area contributed by atoms with E-state index in [9.17, 15) is 0 Å². The number of hydrogen-bond acceptors (Lipinski definition) is 2. The van der Waals surface area contributed by atoms with Gasteiger partial charge in [0.25, 0.3) is 0 Å². The van der Waals surface area contributed by atoms with Crippen molar-refractivity contribution in [1.29, 1.82) is 0 Å². The Labute approximate surface area is 111 Å². The highest BCUT2D eigenvalue weighted by atomic mass is 16.5. The van der Waals surface area contributed by atoms with Gasteiger partial charge in [0.15, 0.2) is 0 Å². The van der Waals surface area contributed by atoms with Crippen LogP contribution in [0.25, 0.3) is 0 Å². The summed E-state index contributed by atoms with van der Waals surface area (Å²) in [5, 5.41) is 3.56. The Morgan fingerprint density at radius 2 is 2.17 bits per heavy atom. The fourth-order valence-electron chi connectivity index (χ4n) is 2.76. The van der Waals surface area contributed by atoms with Crippen molar-refractivity contribution in [2.24, 2.45) is 0 Å². The molecule has 2 atom stereocenters. The van der Waals surface area contributed by atoms with Crippen molar-refractivity contribution in [3.05, 3.63) is 29.3 Å². The SMILES string of the molecule is CCCNC(C)CC(C)c1cccc2c1OCC2. The van der Waals surface area contributed by atoms with Crippen molar-refractivity contribution in [2.75, 3.05) is 13.2 Å². The van der Waals surface area contributed by atoms with Gasteiger partial charge in [-0.1, -0.05) is 32.0 Å². The van der Waals surface area contributed by atoms with Crippen LogP contribution >= 0.6 is 0 Å². The smallest absolute Gasteiger partial charge is 0.126 e. The average Bonchev–Trinajstić information content (AvgIpc) is 2.84. The molecule has 0 amide bonds. The standard InChI is InChI=1S/C16H25NO/c1-4-9-17-13(3)11-12(2)15-7-5-6-14-8-10-18-16(14)15/h5-7,12-13,17H,4,8-11H2,1-3H3. The molecular formula is C16H25NO. The van der Waals surface area contributed by atoms with Gasteiger partial charge in [0.2, 0.25) is 0 Å². The topological polar surface area (TPSA) is 21.3 Å². The van der Waals surface area contributed by atoms with Crippen LogP contribution in [0.4, 0.5) is 0 Å². The van der Waals surface area contributed by atoms with Crippen LogP contribution in [0.5, 0.6) is 5.75 Å². The quantitative estimate of drug-likeness (QED) is 0.830. The normalized spacial score (nSPS) is 17.1. The summed E-state index contributed by atoms with van der Waals surface area (Å²) in [5.41, 5.74) is 2.77. The minimum Gasteiger partial charge on any atom is -0.493 e. The Bertz CT molecular complexity index is 389. The van der Waals surface area contributed by atoms with E-state index >= 15 is 0 Å². The van der Waals surface area contributed by atoms with E-state index in [0.717, 1.165) is 25.3 Å². The second-order valence-corrected chi connectivity index (χ2v) is 5.43. The van der Waals surface area contributed by atoms with Crippen LogP contribution in [0.15, 0.2) is 18.2 Å². The minimum absolute atomic E-state index is 0.553. The molecule has 2 heteroatoms. The Kier molecular flexibility index (Phi) is 4.65. The first-order valence-electron chi connectivity index (χ1n) is 7.20. The van der Waals surface area contributed by atoms with Crippen molar-refractivity contribution in [2.45, 2.75) is 52.0 Å². The number of rotatable bonds is 6. The predicted molar refractivity (Wildman–Crippen MR) is 76.4 cm³/mol. The van der Waals surface area contributed by atoms with Crippen molar-refractivity contribution in [3.63, 3.8) is 0 Å². The highest BCUT2D eigenvalue weighted by Crippen LogP contribution is 2.35. The zero-order valence-corrected chi connectivity index (χ0v) is 11.8. The Morgan fingerprint density at radius 3 is 2.94 bits per heavy atom. The maximum absolute atomic E-state index is 5.79. The number of ether oxygens (including phenoxy) is 1. The van der Waals surface area contributed by atoms with Gasteiger partial charge in [0, 0.05) is 12.5 Å². The summed E-state index contributed by atoms with van der Waals surface area (Å²) < 4.78 is 5.79. The second-order valence-electron chi connectivity index (χ2n) is 5.43. The lowest BCUT2D eigenvalue weighted by molar-refractivity contribution is 0.349. The Balaban J connectivity index is 2.01. The van der Waals surface area contributed by atoms with Crippen LogP contribution < -0.4 is 10.1 Å². The summed E-state index contributed by atoms with van der Waals surface area (Å²) in [6.07, 6.45) is 3.43. The molecule has 0 saturated heterocycles. The third kappa shape index (κ3) is 3.05. The molecule has 2 unspecified atom stereocenters. The Hall–Kier alpha value is -1.02. The fourth-order valence-corrected chi connectivity index (χ4v) is 2.76. The first-order chi connectivity index (χ1) is 8.72. The molecule has 2 rings (SSSR count). The third-order valence-corrected chi connectivity index (χ3v) is 3.73. The van der Waals surface area contributed by atoms with Crippen LogP contribution in [0.1, 0.15) is 50.7 Å². The van der Waals surface area contributed by atoms with Gasteiger partial charge < -0.3 is 10.1 Å². The summed E-state index contributed by atoms with van der Waals surface area (Å²) in [7, 11) is 0. The summed E-state index contributed by atoms with van der Waals surface area (Å²) in [6.45, 7) is 8.75. The average molecular weight is 247 g/mol. The van der Waals surface area contributed by atoms with E-state index in [0.29, 0.717) is 12.0 Å². The minimum atomic E-state index is 0.553. The maximum atomic E-state index is 5.79. The molecule has 0 bridgehead atoms. The molecule has 1 aliphatic rings. The molecule has 1 N–H and O–H groups in total. The lowest BCUT2D eigenvalue weighted by Crippen LogP contribution is -2.28. The largest absolute Gasteiger partial charge is 0.493 e. The van der Waals surface area contributed by atoms with E-state index in [4.69, 9.17) is 4.74 Å². The van der Waals surface area contributed by atoms with Gasteiger partial charge in [-0.2, -0.15) is 0 Å². The number of para-hydroxylation sites is 1. The molecule has 0 fully saturated rings. The Morgan fingerprint density at radius 1 is 1.33 bits per heavy atom. The number of benzene rings is 1. The maximum Gasteiger partial charge on any atom is 0.126 e. The first-order valence-corrected chi connectivity index (χ1v) is 7.20. The van der Waals surface area contributed by atoms with Crippen molar-refractivity contribution in [1.82, 2.24) is 5.32 Å². The van der Waals surface area contributed by atoms with E-state index in [1.807, 2.05) is 0 Å². The molecule has 100 valence electrons. The fraction of sp³-hybridized carbons (Fsp3) is 0.625. The molecule has 0 saturated carbocycles. The van der Waals surface area contributed by atoms with Gasteiger partial charge in [-0.05, 0) is 43.4 Å². The van der Waals surface area contributed by atoms with E-state index < -0.39 is 0 Å². The lowest BCUT2D eigenvalue weighted by Gasteiger charge is -2.20. The van der Waals surface area contributed by atoms with Crippen molar-refractivity contribution >= 4 is 0 Å². The highest BCUT2D eigenvalue weighted by Gasteiger charge is 2.20. The number of hydrogen-bond donors (Lipinski definition) is 1. The van der Waals surface area contributed by atoms with Crippen molar-refractivity contribution < 1.29 is 4.74 Å². The summed E-state index contributed by atoms with van der Waals surface area (Å²) in [6, 6.07) is 7.15. The van der Waals surface area contributed by atoms with E-state index in [1.54, 1.807) is 0 Å². The molecule has 1 heterocycles. The van der Waals surface area contributed by atoms with Gasteiger partial charge in [0.1, 0.15) is 5.75 Å². The summed E-state index contributed by atoms with van der Waals surface area (Å²) in [4.78, 5) is 0. The molecule has 0 aliphatic carbocycles. The molecule has 0 aromatic heterocycles. The van der Waals surface area contributed by atoms with E-state index in [2.05, 4.69) is 44.3 Å². The predicted octanol–water partition coefficient (Wildman–Crippen LogP) is 3.50. The van der Waals surface area contributed by atoms with Gasteiger partial charge in [-0.3, -0.25) is 0 Å². The monoisotopic (exact) mass is 247 g/mol. The van der Waals surface area contributed by atoms with E-state index in [1.165, 1.54) is 24.0 Å². The molecule has 0 radical (unpaired) electrons. The van der Waals surface area contributed by atoms with Gasteiger partial charge in [-0.25, -0.2) is 0 Å². The molecule has 18 heavy (non-hydrogen) atoms. The number of fused-ring (bicyclic) bond motifs is 1. The zero-order valence-electron chi connectivity index (χ0n) is 11.8. The van der Waals surface area contributed by atoms with Gasteiger partial charge in [-0.15, -0.1) is 0 Å². The summed E-state index contributed by atoms with van der Waals surface area (Å²) >= 11 is 0. The second kappa shape index (κ2) is 6.24.